The SMILES string of the molecule is CS(=O)(=O)CC(N)c1ccnn1-c1ccccc1. The molecule has 1 aromatic heterocycles. The summed E-state index contributed by atoms with van der Waals surface area (Å²) in [4.78, 5) is 0. The quantitative estimate of drug-likeness (QED) is 0.891. The van der Waals surface area contributed by atoms with E-state index in [2.05, 4.69) is 5.10 Å². The van der Waals surface area contributed by atoms with E-state index in [0.29, 0.717) is 5.69 Å². The fraction of sp³-hybridized carbons (Fsp3) is 0.250. The van der Waals surface area contributed by atoms with Gasteiger partial charge in [0.05, 0.1) is 23.2 Å². The first-order chi connectivity index (χ1) is 8.47. The van der Waals surface area contributed by atoms with Gasteiger partial charge in [0, 0.05) is 12.5 Å². The first-order valence-corrected chi connectivity index (χ1v) is 7.56. The van der Waals surface area contributed by atoms with Crippen LogP contribution < -0.4 is 5.73 Å². The average molecular weight is 265 g/mol. The molecule has 0 aliphatic rings. The van der Waals surface area contributed by atoms with E-state index in [1.54, 1.807) is 16.9 Å². The van der Waals surface area contributed by atoms with Crippen LogP contribution in [0.4, 0.5) is 0 Å². The van der Waals surface area contributed by atoms with Crippen LogP contribution in [-0.2, 0) is 9.84 Å². The van der Waals surface area contributed by atoms with Crippen molar-refractivity contribution in [2.75, 3.05) is 12.0 Å². The zero-order chi connectivity index (χ0) is 13.2. The minimum Gasteiger partial charge on any atom is -0.322 e. The molecule has 96 valence electrons. The molecule has 2 rings (SSSR count). The summed E-state index contributed by atoms with van der Waals surface area (Å²) < 4.78 is 24.2. The molecule has 0 bridgehead atoms. The van der Waals surface area contributed by atoms with Gasteiger partial charge in [-0.25, -0.2) is 13.1 Å². The van der Waals surface area contributed by atoms with E-state index < -0.39 is 15.9 Å². The van der Waals surface area contributed by atoms with Crippen molar-refractivity contribution in [3.05, 3.63) is 48.3 Å². The number of aromatic nitrogens is 2. The van der Waals surface area contributed by atoms with Crippen LogP contribution in [0.25, 0.3) is 5.69 Å². The van der Waals surface area contributed by atoms with Crippen LogP contribution in [0.15, 0.2) is 42.6 Å². The zero-order valence-corrected chi connectivity index (χ0v) is 10.8. The highest BCUT2D eigenvalue weighted by atomic mass is 32.2. The molecule has 0 radical (unpaired) electrons. The summed E-state index contributed by atoms with van der Waals surface area (Å²) in [7, 11) is -3.11. The van der Waals surface area contributed by atoms with E-state index in [1.165, 1.54) is 6.26 Å². The Bertz CT molecular complexity index is 620. The molecule has 0 amide bonds. The summed E-state index contributed by atoms with van der Waals surface area (Å²) in [6, 6.07) is 10.6. The molecule has 2 N–H and O–H groups in total. The van der Waals surface area contributed by atoms with Crippen LogP contribution in [0, 0.1) is 0 Å². The van der Waals surface area contributed by atoms with Crippen LogP contribution in [-0.4, -0.2) is 30.2 Å². The fourth-order valence-electron chi connectivity index (χ4n) is 1.79. The largest absolute Gasteiger partial charge is 0.322 e. The van der Waals surface area contributed by atoms with Crippen LogP contribution in [0.3, 0.4) is 0 Å². The molecule has 0 aliphatic carbocycles. The molecule has 0 saturated heterocycles. The molecule has 1 heterocycles. The van der Waals surface area contributed by atoms with Crippen LogP contribution in [0.1, 0.15) is 11.7 Å². The number of para-hydroxylation sites is 1. The molecule has 18 heavy (non-hydrogen) atoms. The van der Waals surface area contributed by atoms with Crippen molar-refractivity contribution < 1.29 is 8.42 Å². The second-order valence-corrected chi connectivity index (χ2v) is 6.39. The van der Waals surface area contributed by atoms with Gasteiger partial charge < -0.3 is 5.73 Å². The van der Waals surface area contributed by atoms with E-state index >= 15 is 0 Å². The highest BCUT2D eigenvalue weighted by molar-refractivity contribution is 7.90. The molecule has 6 heteroatoms. The summed E-state index contributed by atoms with van der Waals surface area (Å²) in [6.07, 6.45) is 2.79. The Morgan fingerprint density at radius 3 is 2.56 bits per heavy atom. The topological polar surface area (TPSA) is 78.0 Å². The lowest BCUT2D eigenvalue weighted by molar-refractivity contribution is 0.591. The average Bonchev–Trinajstić information content (AvgIpc) is 2.76. The third-order valence-corrected chi connectivity index (χ3v) is 3.50. The fourth-order valence-corrected chi connectivity index (χ4v) is 2.61. The molecule has 5 nitrogen and oxygen atoms in total. The lowest BCUT2D eigenvalue weighted by atomic mass is 10.2. The van der Waals surface area contributed by atoms with Gasteiger partial charge in [0.25, 0.3) is 0 Å². The third kappa shape index (κ3) is 2.96. The maximum atomic E-state index is 11.3. The second kappa shape index (κ2) is 4.91. The molecule has 1 unspecified atom stereocenters. The highest BCUT2D eigenvalue weighted by Gasteiger charge is 2.17. The van der Waals surface area contributed by atoms with Gasteiger partial charge in [0.1, 0.15) is 9.84 Å². The van der Waals surface area contributed by atoms with Gasteiger partial charge in [0.15, 0.2) is 0 Å². The first-order valence-electron chi connectivity index (χ1n) is 5.50. The summed E-state index contributed by atoms with van der Waals surface area (Å²) in [6.45, 7) is 0. The molecule has 0 saturated carbocycles. The second-order valence-electron chi connectivity index (χ2n) is 4.20. The summed E-state index contributed by atoms with van der Waals surface area (Å²) in [5, 5.41) is 4.18. The maximum absolute atomic E-state index is 11.3. The lowest BCUT2D eigenvalue weighted by Crippen LogP contribution is -2.23. The minimum absolute atomic E-state index is 0.0917. The van der Waals surface area contributed by atoms with Crippen LogP contribution >= 0.6 is 0 Å². The monoisotopic (exact) mass is 265 g/mol. The van der Waals surface area contributed by atoms with Crippen LogP contribution in [0.5, 0.6) is 0 Å². The highest BCUT2D eigenvalue weighted by Crippen LogP contribution is 2.16. The van der Waals surface area contributed by atoms with Gasteiger partial charge in [-0.2, -0.15) is 5.10 Å². The van der Waals surface area contributed by atoms with Gasteiger partial charge in [-0.05, 0) is 18.2 Å². The molecule has 1 atom stereocenters. The van der Waals surface area contributed by atoms with Gasteiger partial charge >= 0.3 is 0 Å². The number of hydrogen-bond acceptors (Lipinski definition) is 4. The molecule has 0 fully saturated rings. The van der Waals surface area contributed by atoms with Crippen molar-refractivity contribution in [1.29, 1.82) is 0 Å². The zero-order valence-electron chi connectivity index (χ0n) is 10.0. The minimum atomic E-state index is -3.11. The van der Waals surface area contributed by atoms with E-state index in [4.69, 9.17) is 5.73 Å². The Balaban J connectivity index is 2.34. The number of nitrogens with zero attached hydrogens (tertiary/aromatic N) is 2. The predicted molar refractivity (Wildman–Crippen MR) is 70.2 cm³/mol. The Morgan fingerprint density at radius 1 is 1.28 bits per heavy atom. The predicted octanol–water partition coefficient (Wildman–Crippen LogP) is 0.917. The third-order valence-electron chi connectivity index (χ3n) is 2.53. The molecule has 2 aromatic rings. The smallest absolute Gasteiger partial charge is 0.149 e. The van der Waals surface area contributed by atoms with Gasteiger partial charge in [-0.3, -0.25) is 0 Å². The Morgan fingerprint density at radius 2 is 1.94 bits per heavy atom. The van der Waals surface area contributed by atoms with Crippen molar-refractivity contribution in [2.24, 2.45) is 5.73 Å². The van der Waals surface area contributed by atoms with Crippen molar-refractivity contribution in [1.82, 2.24) is 9.78 Å². The summed E-state index contributed by atoms with van der Waals surface area (Å²) in [5.41, 5.74) is 7.47. The van der Waals surface area contributed by atoms with Gasteiger partial charge in [0.2, 0.25) is 0 Å². The van der Waals surface area contributed by atoms with E-state index in [1.807, 2.05) is 30.3 Å². The van der Waals surface area contributed by atoms with E-state index in [-0.39, 0.29) is 5.75 Å². The molecular formula is C12H15N3O2S. The van der Waals surface area contributed by atoms with Crippen molar-refractivity contribution in [3.63, 3.8) is 0 Å². The van der Waals surface area contributed by atoms with Crippen molar-refractivity contribution >= 4 is 9.84 Å². The summed E-state index contributed by atoms with van der Waals surface area (Å²) >= 11 is 0. The number of hydrogen-bond donors (Lipinski definition) is 1. The van der Waals surface area contributed by atoms with E-state index in [0.717, 1.165) is 5.69 Å². The van der Waals surface area contributed by atoms with E-state index in [9.17, 15) is 8.42 Å². The summed E-state index contributed by atoms with van der Waals surface area (Å²) in [5.74, 6) is -0.0917. The Kier molecular flexibility index (Phi) is 3.49. The van der Waals surface area contributed by atoms with Crippen LogP contribution in [0.2, 0.25) is 0 Å². The molecular weight excluding hydrogens is 250 g/mol. The molecule has 1 aromatic carbocycles. The van der Waals surface area contributed by atoms with Crippen molar-refractivity contribution in [2.45, 2.75) is 6.04 Å². The normalized spacial score (nSPS) is 13.4. The molecule has 0 aliphatic heterocycles. The number of rotatable bonds is 4. The standard InChI is InChI=1S/C12H15N3O2S/c1-18(16,17)9-11(13)12-7-8-14-15(12)10-5-3-2-4-6-10/h2-8,11H,9,13H2,1H3. The Hall–Kier alpha value is -1.66. The van der Waals surface area contributed by atoms with Gasteiger partial charge in [-0.1, -0.05) is 18.2 Å². The van der Waals surface area contributed by atoms with Gasteiger partial charge in [-0.15, -0.1) is 0 Å². The maximum Gasteiger partial charge on any atom is 0.149 e. The number of nitrogens with two attached hydrogens (primary N) is 1. The Labute approximate surface area is 106 Å². The number of benzene rings is 1. The number of sulfone groups is 1. The molecule has 0 spiro atoms. The first kappa shape index (κ1) is 12.8. The lowest BCUT2D eigenvalue weighted by Gasteiger charge is -2.13. The van der Waals surface area contributed by atoms with Crippen molar-refractivity contribution in [3.8, 4) is 5.69 Å².